The Balaban J connectivity index is 1.75. The molecule has 0 aromatic rings. The highest BCUT2D eigenvalue weighted by Gasteiger charge is 2.32. The number of aliphatic hydroxyl groups excluding tert-OH is 1. The quantitative estimate of drug-likeness (QED) is 0.709. The Labute approximate surface area is 92.6 Å². The number of hydrogen-bond donors (Lipinski definition) is 2. The van der Waals surface area contributed by atoms with Crippen molar-refractivity contribution in [1.29, 1.82) is 0 Å². The zero-order chi connectivity index (χ0) is 10.7. The summed E-state index contributed by atoms with van der Waals surface area (Å²) in [4.78, 5) is 2.48. The largest absolute Gasteiger partial charge is 0.393 e. The first-order valence-corrected chi connectivity index (χ1v) is 6.40. The molecular weight excluding hydrogens is 188 g/mol. The fourth-order valence-corrected chi connectivity index (χ4v) is 2.63. The summed E-state index contributed by atoms with van der Waals surface area (Å²) in [6.07, 6.45) is 6.05. The molecule has 0 spiro atoms. The van der Waals surface area contributed by atoms with Gasteiger partial charge in [-0.05, 0) is 44.2 Å². The van der Waals surface area contributed by atoms with E-state index in [4.69, 9.17) is 5.73 Å². The maximum atomic E-state index is 9.94. The smallest absolute Gasteiger partial charge is 0.0592 e. The van der Waals surface area contributed by atoms with Crippen LogP contribution in [-0.2, 0) is 0 Å². The van der Waals surface area contributed by atoms with Gasteiger partial charge in [-0.1, -0.05) is 12.8 Å². The minimum Gasteiger partial charge on any atom is -0.393 e. The van der Waals surface area contributed by atoms with Crippen LogP contribution < -0.4 is 5.73 Å². The predicted octanol–water partition coefficient (Wildman–Crippen LogP) is 0.818. The molecule has 3 N–H and O–H groups in total. The molecule has 2 rings (SSSR count). The van der Waals surface area contributed by atoms with E-state index in [0.29, 0.717) is 5.92 Å². The van der Waals surface area contributed by atoms with E-state index >= 15 is 0 Å². The molecule has 1 saturated carbocycles. The van der Waals surface area contributed by atoms with Crippen molar-refractivity contribution < 1.29 is 5.11 Å². The summed E-state index contributed by atoms with van der Waals surface area (Å²) in [7, 11) is 0. The molecule has 0 aromatic carbocycles. The molecule has 2 fully saturated rings. The Morgan fingerprint density at radius 2 is 2.07 bits per heavy atom. The third-order valence-corrected chi connectivity index (χ3v) is 3.79. The van der Waals surface area contributed by atoms with Crippen LogP contribution in [0.2, 0.25) is 0 Å². The number of aliphatic hydroxyl groups is 1. The molecule has 1 aliphatic heterocycles. The van der Waals surface area contributed by atoms with Crippen molar-refractivity contribution in [3.63, 3.8) is 0 Å². The summed E-state index contributed by atoms with van der Waals surface area (Å²) in [5.41, 5.74) is 5.52. The molecule has 15 heavy (non-hydrogen) atoms. The van der Waals surface area contributed by atoms with Crippen molar-refractivity contribution in [3.8, 4) is 0 Å². The normalized spacial score (nSPS) is 33.2. The Bertz CT molecular complexity index is 192. The van der Waals surface area contributed by atoms with Gasteiger partial charge >= 0.3 is 0 Å². The van der Waals surface area contributed by atoms with E-state index in [1.807, 2.05) is 0 Å². The highest BCUT2D eigenvalue weighted by Crippen LogP contribution is 2.37. The lowest BCUT2D eigenvalue weighted by Gasteiger charge is -2.36. The van der Waals surface area contributed by atoms with Gasteiger partial charge in [-0.25, -0.2) is 0 Å². The van der Waals surface area contributed by atoms with Crippen LogP contribution in [0.5, 0.6) is 0 Å². The average molecular weight is 212 g/mol. The molecule has 3 nitrogen and oxygen atoms in total. The third kappa shape index (κ3) is 3.44. The van der Waals surface area contributed by atoms with Gasteiger partial charge in [0.15, 0.2) is 0 Å². The molecule has 2 atom stereocenters. The highest BCUT2D eigenvalue weighted by atomic mass is 16.3. The zero-order valence-corrected chi connectivity index (χ0v) is 9.57. The second-order valence-electron chi connectivity index (χ2n) is 5.24. The molecule has 0 radical (unpaired) electrons. The summed E-state index contributed by atoms with van der Waals surface area (Å²) in [5.74, 6) is 1.46. The molecule has 1 aliphatic carbocycles. The maximum Gasteiger partial charge on any atom is 0.0592 e. The Morgan fingerprint density at radius 3 is 2.73 bits per heavy atom. The maximum absolute atomic E-state index is 9.94. The van der Waals surface area contributed by atoms with Crippen molar-refractivity contribution >= 4 is 0 Å². The lowest BCUT2D eigenvalue weighted by Crippen LogP contribution is -2.44. The fourth-order valence-electron chi connectivity index (χ4n) is 2.63. The van der Waals surface area contributed by atoms with Crippen molar-refractivity contribution in [2.24, 2.45) is 17.6 Å². The van der Waals surface area contributed by atoms with E-state index in [0.717, 1.165) is 44.9 Å². The first-order valence-electron chi connectivity index (χ1n) is 6.40. The molecule has 1 saturated heterocycles. The van der Waals surface area contributed by atoms with Crippen LogP contribution in [0.25, 0.3) is 0 Å². The van der Waals surface area contributed by atoms with Crippen LogP contribution in [0.1, 0.15) is 32.1 Å². The number of hydrogen-bond acceptors (Lipinski definition) is 3. The summed E-state index contributed by atoms with van der Waals surface area (Å²) in [6.45, 7) is 4.05. The third-order valence-electron chi connectivity index (χ3n) is 3.79. The van der Waals surface area contributed by atoms with Crippen LogP contribution in [0, 0.1) is 11.8 Å². The fraction of sp³-hybridized carbons (Fsp3) is 1.00. The number of nitrogens with two attached hydrogens (primary N) is 1. The highest BCUT2D eigenvalue weighted by molar-refractivity contribution is 4.85. The molecule has 3 heteroatoms. The molecule has 1 heterocycles. The SMILES string of the molecule is NCCCN1CC[C@@H](O)[C@H](CC2CC2)C1. The van der Waals surface area contributed by atoms with E-state index < -0.39 is 0 Å². The van der Waals surface area contributed by atoms with Gasteiger partial charge in [-0.2, -0.15) is 0 Å². The lowest BCUT2D eigenvalue weighted by molar-refractivity contribution is 0.0204. The monoisotopic (exact) mass is 212 g/mol. The first kappa shape index (κ1) is 11.4. The summed E-state index contributed by atoms with van der Waals surface area (Å²) in [6, 6.07) is 0. The van der Waals surface area contributed by atoms with Gasteiger partial charge in [-0.15, -0.1) is 0 Å². The van der Waals surface area contributed by atoms with Crippen molar-refractivity contribution in [1.82, 2.24) is 4.90 Å². The van der Waals surface area contributed by atoms with Crippen molar-refractivity contribution in [2.75, 3.05) is 26.2 Å². The zero-order valence-electron chi connectivity index (χ0n) is 9.57. The molecule has 0 amide bonds. The summed E-state index contributed by atoms with van der Waals surface area (Å²) >= 11 is 0. The van der Waals surface area contributed by atoms with Gasteiger partial charge in [0, 0.05) is 13.1 Å². The molecular formula is C12H24N2O. The van der Waals surface area contributed by atoms with Crippen LogP contribution in [0.3, 0.4) is 0 Å². The lowest BCUT2D eigenvalue weighted by atomic mass is 9.90. The van der Waals surface area contributed by atoms with Gasteiger partial charge in [0.25, 0.3) is 0 Å². The minimum absolute atomic E-state index is 0.0419. The molecule has 2 aliphatic rings. The minimum atomic E-state index is -0.0419. The van der Waals surface area contributed by atoms with Crippen LogP contribution in [0.15, 0.2) is 0 Å². The van der Waals surface area contributed by atoms with Crippen LogP contribution >= 0.6 is 0 Å². The second-order valence-corrected chi connectivity index (χ2v) is 5.24. The van der Waals surface area contributed by atoms with Gasteiger partial charge < -0.3 is 15.7 Å². The number of likely N-dealkylation sites (tertiary alicyclic amines) is 1. The van der Waals surface area contributed by atoms with Gasteiger partial charge in [0.2, 0.25) is 0 Å². The predicted molar refractivity (Wildman–Crippen MR) is 61.6 cm³/mol. The average Bonchev–Trinajstić information content (AvgIpc) is 3.03. The number of piperidine rings is 1. The molecule has 88 valence electrons. The van der Waals surface area contributed by atoms with E-state index in [2.05, 4.69) is 4.90 Å². The molecule has 0 aromatic heterocycles. The first-order chi connectivity index (χ1) is 7.29. The van der Waals surface area contributed by atoms with Crippen LogP contribution in [-0.4, -0.2) is 42.3 Å². The van der Waals surface area contributed by atoms with Gasteiger partial charge in [-0.3, -0.25) is 0 Å². The Hall–Kier alpha value is -0.120. The van der Waals surface area contributed by atoms with E-state index in [-0.39, 0.29) is 6.10 Å². The summed E-state index contributed by atoms with van der Waals surface area (Å²) in [5, 5.41) is 9.94. The Kier molecular flexibility index (Phi) is 4.00. The Morgan fingerprint density at radius 1 is 1.27 bits per heavy atom. The second kappa shape index (κ2) is 5.28. The van der Waals surface area contributed by atoms with E-state index in [9.17, 15) is 5.11 Å². The van der Waals surface area contributed by atoms with Crippen molar-refractivity contribution in [2.45, 2.75) is 38.2 Å². The van der Waals surface area contributed by atoms with Crippen molar-refractivity contribution in [3.05, 3.63) is 0 Å². The number of nitrogens with zero attached hydrogens (tertiary/aromatic N) is 1. The van der Waals surface area contributed by atoms with Gasteiger partial charge in [0.1, 0.15) is 0 Å². The molecule has 0 bridgehead atoms. The van der Waals surface area contributed by atoms with Crippen LogP contribution in [0.4, 0.5) is 0 Å². The van der Waals surface area contributed by atoms with Gasteiger partial charge in [0.05, 0.1) is 6.10 Å². The topological polar surface area (TPSA) is 49.5 Å². The van der Waals surface area contributed by atoms with E-state index in [1.165, 1.54) is 19.3 Å². The number of rotatable bonds is 5. The standard InChI is InChI=1S/C12H24N2O/c13-5-1-6-14-7-4-12(15)11(9-14)8-10-2-3-10/h10-12,15H,1-9,13H2/t11-,12-/m1/s1. The molecule has 0 unspecified atom stereocenters. The summed E-state index contributed by atoms with van der Waals surface area (Å²) < 4.78 is 0. The van der Waals surface area contributed by atoms with E-state index in [1.54, 1.807) is 0 Å².